The molecule has 5 aliphatic rings. The van der Waals surface area contributed by atoms with Crippen LogP contribution < -0.4 is 4.74 Å². The number of nitrogens with zero attached hydrogens (tertiary/aromatic N) is 2. The van der Waals surface area contributed by atoms with Crippen LogP contribution >= 0.6 is 0 Å². The van der Waals surface area contributed by atoms with E-state index in [1.165, 1.54) is 31.1 Å². The fourth-order valence-electron chi connectivity index (χ4n) is 9.39. The molecule has 2 N–H and O–H groups in total. The zero-order chi connectivity index (χ0) is 33.3. The van der Waals surface area contributed by atoms with Crippen molar-refractivity contribution in [1.82, 2.24) is 9.80 Å². The number of rotatable bonds is 9. The molecular formula is C39H41F3N2O4. The van der Waals surface area contributed by atoms with Crippen LogP contribution in [-0.4, -0.2) is 69.3 Å². The van der Waals surface area contributed by atoms with Crippen molar-refractivity contribution in [2.45, 2.75) is 86.7 Å². The molecule has 3 aromatic carbocycles. The lowest BCUT2D eigenvalue weighted by molar-refractivity contribution is -0.201. The van der Waals surface area contributed by atoms with Crippen molar-refractivity contribution in [2.75, 3.05) is 19.6 Å². The van der Waals surface area contributed by atoms with E-state index in [0.29, 0.717) is 50.3 Å². The quantitative estimate of drug-likeness (QED) is 0.256. The van der Waals surface area contributed by atoms with Crippen molar-refractivity contribution < 1.29 is 32.9 Å². The number of likely N-dealkylation sites (tertiary alicyclic amines) is 1. The summed E-state index contributed by atoms with van der Waals surface area (Å²) in [6.07, 6.45) is 3.96. The Labute approximate surface area is 278 Å². The zero-order valence-electron chi connectivity index (χ0n) is 26.8. The molecule has 3 aliphatic carbocycles. The first-order valence-corrected chi connectivity index (χ1v) is 17.3. The van der Waals surface area contributed by atoms with Gasteiger partial charge in [-0.15, -0.1) is 0 Å². The molecule has 48 heavy (non-hydrogen) atoms. The number of alkyl halides is 3. The number of ether oxygens (including phenoxy) is 1. The average Bonchev–Trinajstić information content (AvgIpc) is 3.82. The van der Waals surface area contributed by atoms with E-state index in [2.05, 4.69) is 17.0 Å². The van der Waals surface area contributed by atoms with Crippen LogP contribution in [0, 0.1) is 5.92 Å². The van der Waals surface area contributed by atoms with Crippen molar-refractivity contribution in [3.63, 3.8) is 0 Å². The van der Waals surface area contributed by atoms with Gasteiger partial charge in [0.1, 0.15) is 6.10 Å². The van der Waals surface area contributed by atoms with Gasteiger partial charge in [-0.25, -0.2) is 0 Å². The average molecular weight is 659 g/mol. The topological polar surface area (TPSA) is 73.2 Å². The normalized spacial score (nSPS) is 29.0. The van der Waals surface area contributed by atoms with Crippen molar-refractivity contribution in [3.8, 4) is 11.5 Å². The third kappa shape index (κ3) is 5.12. The van der Waals surface area contributed by atoms with Gasteiger partial charge in [0.25, 0.3) is 0 Å². The zero-order valence-corrected chi connectivity index (χ0v) is 26.8. The predicted octanol–water partition coefficient (Wildman–Crippen LogP) is 6.52. The van der Waals surface area contributed by atoms with Crippen LogP contribution in [0.3, 0.4) is 0 Å². The second-order valence-electron chi connectivity index (χ2n) is 14.5. The van der Waals surface area contributed by atoms with Crippen LogP contribution in [0.15, 0.2) is 72.8 Å². The Hall–Kier alpha value is -3.82. The molecule has 5 atom stereocenters. The van der Waals surface area contributed by atoms with E-state index in [1.54, 1.807) is 12.1 Å². The molecule has 2 bridgehead atoms. The minimum absolute atomic E-state index is 0.0453. The fraction of sp³-hybridized carbons (Fsp3) is 0.462. The summed E-state index contributed by atoms with van der Waals surface area (Å²) in [7, 11) is 0. The molecule has 252 valence electrons. The monoisotopic (exact) mass is 658 g/mol. The number of hydrogen-bond donors (Lipinski definition) is 2. The van der Waals surface area contributed by atoms with Gasteiger partial charge < -0.3 is 19.8 Å². The van der Waals surface area contributed by atoms with Gasteiger partial charge in [0, 0.05) is 30.8 Å². The van der Waals surface area contributed by atoms with E-state index in [-0.39, 0.29) is 23.3 Å². The number of benzene rings is 3. The summed E-state index contributed by atoms with van der Waals surface area (Å²) >= 11 is 0. The molecule has 2 heterocycles. The summed E-state index contributed by atoms with van der Waals surface area (Å²) in [5, 5.41) is 24.0. The van der Waals surface area contributed by atoms with E-state index in [9.17, 15) is 28.2 Å². The first-order chi connectivity index (χ1) is 23.1. The van der Waals surface area contributed by atoms with E-state index in [1.807, 2.05) is 29.2 Å². The summed E-state index contributed by atoms with van der Waals surface area (Å²) in [4.78, 5) is 18.5. The highest BCUT2D eigenvalue weighted by atomic mass is 19.4. The maximum atomic E-state index is 14.2. The highest BCUT2D eigenvalue weighted by Crippen LogP contribution is 2.66. The molecule has 8 rings (SSSR count). The Morgan fingerprint density at radius 3 is 2.62 bits per heavy atom. The lowest BCUT2D eigenvalue weighted by Gasteiger charge is -2.65. The van der Waals surface area contributed by atoms with Crippen LogP contribution in [0.4, 0.5) is 13.2 Å². The number of halogens is 3. The van der Waals surface area contributed by atoms with E-state index in [4.69, 9.17) is 4.74 Å². The molecule has 2 aliphatic heterocycles. The van der Waals surface area contributed by atoms with Crippen molar-refractivity contribution in [1.29, 1.82) is 0 Å². The molecule has 2 unspecified atom stereocenters. The Bertz CT molecular complexity index is 1740. The van der Waals surface area contributed by atoms with E-state index >= 15 is 0 Å². The fourth-order valence-corrected chi connectivity index (χ4v) is 9.39. The molecule has 0 aromatic heterocycles. The summed E-state index contributed by atoms with van der Waals surface area (Å²) in [6.45, 7) is 2.19. The molecule has 1 saturated heterocycles. The second kappa shape index (κ2) is 11.7. The summed E-state index contributed by atoms with van der Waals surface area (Å²) < 4.78 is 47.0. The van der Waals surface area contributed by atoms with Gasteiger partial charge in [0.15, 0.2) is 11.5 Å². The first-order valence-electron chi connectivity index (χ1n) is 17.3. The third-order valence-electron chi connectivity index (χ3n) is 11.8. The lowest BCUT2D eigenvalue weighted by Crippen LogP contribution is -2.78. The number of aromatic hydroxyl groups is 1. The molecular weight excluding hydrogens is 617 g/mol. The summed E-state index contributed by atoms with van der Waals surface area (Å²) in [6, 6.07) is 18.2. The van der Waals surface area contributed by atoms with E-state index < -0.39 is 34.9 Å². The predicted molar refractivity (Wildman–Crippen MR) is 176 cm³/mol. The third-order valence-corrected chi connectivity index (χ3v) is 11.8. The Kier molecular flexibility index (Phi) is 7.64. The SMILES string of the molecule is O=C(/C=C/c1cccc(C(F)(F)F)c1)N(CCCc1ccccc1)C1CC[C@@]2(O)[C@H]3Cc4ccc(O)c5c4[C@@]2(CCN3CC2CC2)C1O5. The van der Waals surface area contributed by atoms with Crippen LogP contribution in [0.25, 0.3) is 6.08 Å². The number of aliphatic hydroxyl groups is 1. The molecule has 1 amide bonds. The van der Waals surface area contributed by atoms with Gasteiger partial charge in [0.05, 0.1) is 22.6 Å². The molecule has 6 nitrogen and oxygen atoms in total. The van der Waals surface area contributed by atoms with E-state index in [0.717, 1.165) is 48.3 Å². The van der Waals surface area contributed by atoms with Crippen LogP contribution in [0.5, 0.6) is 11.5 Å². The first kappa shape index (κ1) is 31.4. The minimum atomic E-state index is -4.49. The molecule has 3 fully saturated rings. The van der Waals surface area contributed by atoms with Gasteiger partial charge in [-0.1, -0.05) is 48.5 Å². The molecule has 2 saturated carbocycles. The lowest BCUT2D eigenvalue weighted by atomic mass is 9.48. The largest absolute Gasteiger partial charge is 0.504 e. The Balaban J connectivity index is 1.15. The van der Waals surface area contributed by atoms with Crippen LogP contribution in [-0.2, 0) is 29.2 Å². The number of phenolic OH excluding ortho intramolecular Hbond substituents is 1. The number of carbonyl (C=O) groups is 1. The maximum Gasteiger partial charge on any atom is 0.416 e. The highest BCUT2D eigenvalue weighted by molar-refractivity contribution is 5.92. The van der Waals surface area contributed by atoms with Gasteiger partial charge in [-0.05, 0) is 105 Å². The van der Waals surface area contributed by atoms with Crippen LogP contribution in [0.1, 0.15) is 66.3 Å². The number of carbonyl (C=O) groups excluding carboxylic acids is 1. The second-order valence-corrected chi connectivity index (χ2v) is 14.5. The Morgan fingerprint density at radius 1 is 1.04 bits per heavy atom. The summed E-state index contributed by atoms with van der Waals surface area (Å²) in [5.41, 5.74) is 0.792. The number of aryl methyl sites for hydroxylation is 1. The number of piperidine rings is 1. The molecule has 3 aromatic rings. The number of hydrogen-bond acceptors (Lipinski definition) is 5. The van der Waals surface area contributed by atoms with Gasteiger partial charge in [0.2, 0.25) is 5.91 Å². The molecule has 1 spiro atoms. The van der Waals surface area contributed by atoms with Gasteiger partial charge in [-0.2, -0.15) is 13.2 Å². The number of phenols is 1. The maximum absolute atomic E-state index is 14.2. The Morgan fingerprint density at radius 2 is 1.85 bits per heavy atom. The minimum Gasteiger partial charge on any atom is -0.504 e. The van der Waals surface area contributed by atoms with Crippen molar-refractivity contribution in [2.24, 2.45) is 5.92 Å². The molecule has 0 radical (unpaired) electrons. The smallest absolute Gasteiger partial charge is 0.416 e. The number of amides is 1. The van der Waals surface area contributed by atoms with Crippen molar-refractivity contribution in [3.05, 3.63) is 101 Å². The van der Waals surface area contributed by atoms with Gasteiger partial charge in [-0.3, -0.25) is 9.69 Å². The standard InChI is InChI=1S/C39H41F3N2O4/c40-39(41,42)29-10-4-8-26(22-29)13-16-33(46)44(20-5-9-25-6-2-1-3-7-25)30-17-18-38(47)32-23-28-14-15-31(45)35-34(28)37(38,36(30)48-35)19-21-43(32)24-27-11-12-27/h1-4,6-8,10,13-16,22,27,30,32,36,45,47H,5,9,11-12,17-21,23-24H2/b16-13+/t30?,32-,36?,37+,38-/m1/s1. The van der Waals surface area contributed by atoms with Crippen molar-refractivity contribution >= 4 is 12.0 Å². The highest BCUT2D eigenvalue weighted by Gasteiger charge is 2.73. The molecule has 9 heteroatoms. The van der Waals surface area contributed by atoms with Crippen LogP contribution in [0.2, 0.25) is 0 Å². The summed E-state index contributed by atoms with van der Waals surface area (Å²) in [5.74, 6) is 0.833. The van der Waals surface area contributed by atoms with Gasteiger partial charge >= 0.3 is 6.18 Å².